The number of aryl methyl sites for hydroxylation is 2. The second-order valence-electron chi connectivity index (χ2n) is 7.51. The van der Waals surface area contributed by atoms with Gasteiger partial charge in [-0.15, -0.1) is 0 Å². The summed E-state index contributed by atoms with van der Waals surface area (Å²) in [6, 6.07) is 3.15. The molecule has 0 radical (unpaired) electrons. The van der Waals surface area contributed by atoms with Crippen molar-refractivity contribution in [3.63, 3.8) is 0 Å². The minimum Gasteiger partial charge on any atom is -0.336 e. The summed E-state index contributed by atoms with van der Waals surface area (Å²) in [5.74, 6) is 0.281. The van der Waals surface area contributed by atoms with Crippen LogP contribution in [0.15, 0.2) is 12.4 Å². The van der Waals surface area contributed by atoms with Gasteiger partial charge in [0.25, 0.3) is 0 Å². The summed E-state index contributed by atoms with van der Waals surface area (Å²) in [4.78, 5) is 24.5. The number of fused-ring (bicyclic) bond motifs is 3. The Balaban J connectivity index is 1.60. The minimum atomic E-state index is 0.281. The number of hydrogen-bond acceptors (Lipinski definition) is 3. The zero-order valence-electron chi connectivity index (χ0n) is 15.1. The topological polar surface area (TPSA) is 56.0 Å². The standard InChI is InChI=1S/C19H22IN5O/c1-3-24-13(9-15(26)25(11-4-5-11)12-6-7-12)8-14-17-16(21-10-23(17)2)18(20)22-19(14)24/h8,10-12H,3-7,9H2,1-2H3. The summed E-state index contributed by atoms with van der Waals surface area (Å²) in [7, 11) is 2.01. The van der Waals surface area contributed by atoms with Gasteiger partial charge in [0.1, 0.15) is 14.9 Å². The summed E-state index contributed by atoms with van der Waals surface area (Å²) in [6.45, 7) is 2.93. The first-order valence-electron chi connectivity index (χ1n) is 9.38. The predicted molar refractivity (Wildman–Crippen MR) is 109 cm³/mol. The number of pyridine rings is 1. The summed E-state index contributed by atoms with van der Waals surface area (Å²) < 4.78 is 5.15. The van der Waals surface area contributed by atoms with Crippen molar-refractivity contribution in [3.8, 4) is 0 Å². The van der Waals surface area contributed by atoms with Crippen molar-refractivity contribution >= 4 is 50.6 Å². The first-order valence-corrected chi connectivity index (χ1v) is 10.5. The third kappa shape index (κ3) is 2.54. The molecule has 0 aromatic carbocycles. The Kier molecular flexibility index (Phi) is 3.77. The lowest BCUT2D eigenvalue weighted by Crippen LogP contribution is -2.36. The van der Waals surface area contributed by atoms with Crippen LogP contribution in [0, 0.1) is 3.70 Å². The summed E-state index contributed by atoms with van der Waals surface area (Å²) >= 11 is 2.26. The maximum absolute atomic E-state index is 13.0. The van der Waals surface area contributed by atoms with Crippen LogP contribution < -0.4 is 0 Å². The van der Waals surface area contributed by atoms with Crippen LogP contribution in [0.25, 0.3) is 22.1 Å². The molecule has 3 aromatic heterocycles. The highest BCUT2D eigenvalue weighted by atomic mass is 127. The zero-order valence-corrected chi connectivity index (χ0v) is 17.2. The van der Waals surface area contributed by atoms with Crippen LogP contribution in [0.5, 0.6) is 0 Å². The highest BCUT2D eigenvalue weighted by Gasteiger charge is 2.42. The minimum absolute atomic E-state index is 0.281. The fraction of sp³-hybridized carbons (Fsp3) is 0.526. The summed E-state index contributed by atoms with van der Waals surface area (Å²) in [6.07, 6.45) is 7.00. The van der Waals surface area contributed by atoms with Crippen LogP contribution in [0.1, 0.15) is 38.3 Å². The maximum Gasteiger partial charge on any atom is 0.229 e. The van der Waals surface area contributed by atoms with Gasteiger partial charge in [0.05, 0.1) is 18.3 Å². The molecule has 7 heteroatoms. The van der Waals surface area contributed by atoms with Crippen molar-refractivity contribution in [2.24, 2.45) is 7.05 Å². The number of aromatic nitrogens is 4. The van der Waals surface area contributed by atoms with Gasteiger partial charge in [0.2, 0.25) is 5.91 Å². The fourth-order valence-electron chi connectivity index (χ4n) is 4.09. The van der Waals surface area contributed by atoms with Crippen LogP contribution in [-0.4, -0.2) is 42.0 Å². The van der Waals surface area contributed by atoms with Crippen LogP contribution >= 0.6 is 22.6 Å². The maximum atomic E-state index is 13.0. The second-order valence-corrected chi connectivity index (χ2v) is 8.53. The molecule has 0 saturated heterocycles. The van der Waals surface area contributed by atoms with Gasteiger partial charge in [-0.25, -0.2) is 9.97 Å². The van der Waals surface area contributed by atoms with Crippen molar-refractivity contribution in [3.05, 3.63) is 21.8 Å². The van der Waals surface area contributed by atoms with E-state index >= 15 is 0 Å². The van der Waals surface area contributed by atoms with E-state index < -0.39 is 0 Å². The van der Waals surface area contributed by atoms with E-state index in [0.29, 0.717) is 18.5 Å². The molecule has 2 fully saturated rings. The molecule has 0 bridgehead atoms. The monoisotopic (exact) mass is 463 g/mol. The van der Waals surface area contributed by atoms with E-state index in [1.165, 1.54) is 25.7 Å². The van der Waals surface area contributed by atoms with E-state index in [9.17, 15) is 4.79 Å². The molecule has 2 aliphatic carbocycles. The second kappa shape index (κ2) is 5.94. The highest BCUT2D eigenvalue weighted by molar-refractivity contribution is 14.1. The first kappa shape index (κ1) is 16.5. The molecule has 26 heavy (non-hydrogen) atoms. The van der Waals surface area contributed by atoms with Crippen LogP contribution in [0.2, 0.25) is 0 Å². The largest absolute Gasteiger partial charge is 0.336 e. The lowest BCUT2D eigenvalue weighted by atomic mass is 10.2. The number of rotatable bonds is 5. The average Bonchev–Trinajstić information content (AvgIpc) is 3.53. The number of imidazole rings is 1. The molecule has 3 aromatic rings. The lowest BCUT2D eigenvalue weighted by molar-refractivity contribution is -0.131. The third-order valence-corrected chi connectivity index (χ3v) is 6.32. The SMILES string of the molecule is CCn1c(CC(=O)N(C2CC2)C2CC2)cc2c3c(ncn3C)c(I)nc21. The van der Waals surface area contributed by atoms with Gasteiger partial charge in [-0.2, -0.15) is 0 Å². The van der Waals surface area contributed by atoms with E-state index in [2.05, 4.69) is 50.0 Å². The Labute approximate surface area is 165 Å². The van der Waals surface area contributed by atoms with E-state index in [1.807, 2.05) is 17.9 Å². The van der Waals surface area contributed by atoms with Gasteiger partial charge in [-0.1, -0.05) is 0 Å². The number of amides is 1. The smallest absolute Gasteiger partial charge is 0.229 e. The molecule has 2 saturated carbocycles. The normalized spacial score (nSPS) is 17.3. The Bertz CT molecular complexity index is 1020. The van der Waals surface area contributed by atoms with Crippen LogP contribution in [0.3, 0.4) is 0 Å². The molecule has 6 nitrogen and oxygen atoms in total. The van der Waals surface area contributed by atoms with Crippen molar-refractivity contribution in [1.82, 2.24) is 24.0 Å². The van der Waals surface area contributed by atoms with E-state index in [1.54, 1.807) is 0 Å². The number of carbonyl (C=O) groups is 1. The zero-order chi connectivity index (χ0) is 18.0. The lowest BCUT2D eigenvalue weighted by Gasteiger charge is -2.22. The first-order chi connectivity index (χ1) is 12.6. The molecule has 0 N–H and O–H groups in total. The van der Waals surface area contributed by atoms with Crippen molar-refractivity contribution in [2.75, 3.05) is 0 Å². The molecule has 0 atom stereocenters. The predicted octanol–water partition coefficient (Wildman–Crippen LogP) is 3.24. The molecule has 0 aliphatic heterocycles. The molecule has 5 rings (SSSR count). The Morgan fingerprint density at radius 1 is 1.31 bits per heavy atom. The van der Waals surface area contributed by atoms with E-state index in [0.717, 1.165) is 38.0 Å². The highest BCUT2D eigenvalue weighted by Crippen LogP contribution is 2.38. The number of hydrogen-bond donors (Lipinski definition) is 0. The number of carbonyl (C=O) groups excluding carboxylic acids is 1. The fourth-order valence-corrected chi connectivity index (χ4v) is 4.71. The van der Waals surface area contributed by atoms with Gasteiger partial charge in [-0.05, 0) is 61.3 Å². The van der Waals surface area contributed by atoms with Gasteiger partial charge < -0.3 is 14.0 Å². The molecular formula is C19H22IN5O. The van der Waals surface area contributed by atoms with E-state index in [-0.39, 0.29) is 5.91 Å². The quantitative estimate of drug-likeness (QED) is 0.431. The average molecular weight is 463 g/mol. The van der Waals surface area contributed by atoms with Crippen molar-refractivity contribution < 1.29 is 4.79 Å². The molecule has 0 unspecified atom stereocenters. The number of halogens is 1. The molecular weight excluding hydrogens is 441 g/mol. The Morgan fingerprint density at radius 2 is 2.00 bits per heavy atom. The van der Waals surface area contributed by atoms with Crippen LogP contribution in [-0.2, 0) is 24.8 Å². The van der Waals surface area contributed by atoms with E-state index in [4.69, 9.17) is 4.98 Å². The van der Waals surface area contributed by atoms with Gasteiger partial charge in [-0.3, -0.25) is 4.79 Å². The van der Waals surface area contributed by atoms with Gasteiger partial charge in [0.15, 0.2) is 0 Å². The molecule has 2 aliphatic rings. The van der Waals surface area contributed by atoms with Crippen molar-refractivity contribution in [2.45, 2.75) is 57.7 Å². The molecule has 1 amide bonds. The third-order valence-electron chi connectivity index (χ3n) is 5.56. The molecule has 3 heterocycles. The van der Waals surface area contributed by atoms with Gasteiger partial charge in [0, 0.05) is 36.8 Å². The number of nitrogens with zero attached hydrogens (tertiary/aromatic N) is 5. The van der Waals surface area contributed by atoms with Crippen LogP contribution in [0.4, 0.5) is 0 Å². The Morgan fingerprint density at radius 3 is 2.62 bits per heavy atom. The summed E-state index contributed by atoms with van der Waals surface area (Å²) in [5, 5.41) is 1.09. The Hall–Kier alpha value is -1.64. The summed E-state index contributed by atoms with van der Waals surface area (Å²) in [5.41, 5.74) is 4.06. The van der Waals surface area contributed by atoms with Gasteiger partial charge >= 0.3 is 0 Å². The van der Waals surface area contributed by atoms with Crippen molar-refractivity contribution in [1.29, 1.82) is 0 Å². The molecule has 136 valence electrons. The molecule has 0 spiro atoms.